The summed E-state index contributed by atoms with van der Waals surface area (Å²) in [6, 6.07) is 5.33. The molecule has 0 fully saturated rings. The van der Waals surface area contributed by atoms with Crippen LogP contribution in [0.1, 0.15) is 18.9 Å². The van der Waals surface area contributed by atoms with Crippen LogP contribution in [0.5, 0.6) is 0 Å². The number of allylic oxidation sites excluding steroid dienone is 2. The van der Waals surface area contributed by atoms with Crippen molar-refractivity contribution < 1.29 is 19.8 Å². The molecule has 23 heavy (non-hydrogen) atoms. The van der Waals surface area contributed by atoms with E-state index >= 15 is 0 Å². The molecular weight excluding hydrogens is 296 g/mol. The van der Waals surface area contributed by atoms with Crippen LogP contribution in [0.4, 0.5) is 0 Å². The molecule has 2 N–H and O–H groups in total. The van der Waals surface area contributed by atoms with Crippen LogP contribution in [0.3, 0.4) is 0 Å². The fourth-order valence-corrected chi connectivity index (χ4v) is 2.79. The molecule has 1 aliphatic carbocycles. The zero-order valence-electron chi connectivity index (χ0n) is 12.4. The Bertz CT molecular complexity index is 885. The monoisotopic (exact) mass is 310 g/mol. The van der Waals surface area contributed by atoms with Crippen LogP contribution >= 0.6 is 0 Å². The van der Waals surface area contributed by atoms with Gasteiger partial charge in [-0.25, -0.2) is 4.79 Å². The third kappa shape index (κ3) is 2.48. The Labute approximate surface area is 131 Å². The van der Waals surface area contributed by atoms with Crippen LogP contribution in [0.25, 0.3) is 16.6 Å². The molecule has 0 amide bonds. The normalized spacial score (nSPS) is 20.7. The SMILES string of the molecule is CC1(C(=O)O)CC(C(=O)O)=CC=C1c1ccc2nccnc2c1. The minimum Gasteiger partial charge on any atom is -0.481 e. The van der Waals surface area contributed by atoms with E-state index in [4.69, 9.17) is 5.11 Å². The Balaban J connectivity index is 2.17. The molecule has 1 aliphatic rings. The van der Waals surface area contributed by atoms with Gasteiger partial charge in [0.2, 0.25) is 0 Å². The smallest absolute Gasteiger partial charge is 0.331 e. The van der Waals surface area contributed by atoms with E-state index in [9.17, 15) is 14.7 Å². The first-order chi connectivity index (χ1) is 10.9. The number of hydrogen-bond donors (Lipinski definition) is 2. The highest BCUT2D eigenvalue weighted by Gasteiger charge is 2.41. The second-order valence-electron chi connectivity index (χ2n) is 5.65. The summed E-state index contributed by atoms with van der Waals surface area (Å²) in [6.45, 7) is 1.54. The molecule has 0 aliphatic heterocycles. The largest absolute Gasteiger partial charge is 0.481 e. The van der Waals surface area contributed by atoms with Crippen LogP contribution < -0.4 is 0 Å². The lowest BCUT2D eigenvalue weighted by Gasteiger charge is -2.31. The van der Waals surface area contributed by atoms with Gasteiger partial charge in [-0.15, -0.1) is 0 Å². The number of rotatable bonds is 3. The first kappa shape index (κ1) is 14.9. The van der Waals surface area contributed by atoms with E-state index in [1.807, 2.05) is 0 Å². The molecule has 116 valence electrons. The maximum Gasteiger partial charge on any atom is 0.331 e. The van der Waals surface area contributed by atoms with Crippen LogP contribution in [-0.4, -0.2) is 32.1 Å². The summed E-state index contributed by atoms with van der Waals surface area (Å²) < 4.78 is 0. The summed E-state index contributed by atoms with van der Waals surface area (Å²) in [5, 5.41) is 18.8. The van der Waals surface area contributed by atoms with Gasteiger partial charge in [0.15, 0.2) is 0 Å². The van der Waals surface area contributed by atoms with Gasteiger partial charge in [-0.3, -0.25) is 14.8 Å². The molecule has 0 bridgehead atoms. The van der Waals surface area contributed by atoms with E-state index in [2.05, 4.69) is 9.97 Å². The molecule has 6 nitrogen and oxygen atoms in total. The van der Waals surface area contributed by atoms with Gasteiger partial charge in [0, 0.05) is 18.0 Å². The Morgan fingerprint density at radius 3 is 2.43 bits per heavy atom. The Kier molecular flexibility index (Phi) is 3.44. The number of carboxylic acid groups (broad SMARTS) is 2. The molecule has 0 spiro atoms. The molecule has 0 radical (unpaired) electrons. The van der Waals surface area contributed by atoms with E-state index < -0.39 is 17.4 Å². The van der Waals surface area contributed by atoms with Gasteiger partial charge in [0.1, 0.15) is 0 Å². The number of fused-ring (bicyclic) bond motifs is 1. The van der Waals surface area contributed by atoms with Crippen molar-refractivity contribution in [3.63, 3.8) is 0 Å². The Morgan fingerprint density at radius 1 is 1.09 bits per heavy atom. The second kappa shape index (κ2) is 5.31. The van der Waals surface area contributed by atoms with Gasteiger partial charge >= 0.3 is 11.9 Å². The summed E-state index contributed by atoms with van der Waals surface area (Å²) in [5.41, 5.74) is 1.40. The molecular formula is C17H14N2O4. The fraction of sp³-hybridized carbons (Fsp3) is 0.176. The molecule has 3 rings (SSSR count). The summed E-state index contributed by atoms with van der Waals surface area (Å²) in [7, 11) is 0. The van der Waals surface area contributed by atoms with Gasteiger partial charge in [0.05, 0.1) is 16.4 Å². The maximum absolute atomic E-state index is 11.8. The number of benzene rings is 1. The minimum atomic E-state index is -1.31. The number of aliphatic carboxylic acids is 2. The van der Waals surface area contributed by atoms with Crippen LogP contribution in [0.15, 0.2) is 48.3 Å². The van der Waals surface area contributed by atoms with Crippen molar-refractivity contribution >= 4 is 28.5 Å². The molecule has 6 heteroatoms. The highest BCUT2D eigenvalue weighted by Crippen LogP contribution is 2.43. The topological polar surface area (TPSA) is 100 Å². The van der Waals surface area contributed by atoms with Gasteiger partial charge in [-0.2, -0.15) is 0 Å². The van der Waals surface area contributed by atoms with Gasteiger partial charge in [-0.05, 0) is 36.6 Å². The number of nitrogens with zero attached hydrogens (tertiary/aromatic N) is 2. The predicted octanol–water partition coefficient (Wildman–Crippen LogP) is 2.52. The van der Waals surface area contributed by atoms with Crippen molar-refractivity contribution in [3.8, 4) is 0 Å². The van der Waals surface area contributed by atoms with Gasteiger partial charge in [0.25, 0.3) is 0 Å². The maximum atomic E-state index is 11.8. The zero-order valence-corrected chi connectivity index (χ0v) is 12.4. The molecule has 1 atom stereocenters. The average molecular weight is 310 g/mol. The summed E-state index contributed by atoms with van der Waals surface area (Å²) >= 11 is 0. The van der Waals surface area contributed by atoms with Crippen LogP contribution in [0.2, 0.25) is 0 Å². The third-order valence-electron chi connectivity index (χ3n) is 4.12. The Hall–Kier alpha value is -3.02. The first-order valence-electron chi connectivity index (χ1n) is 7.01. The number of carboxylic acids is 2. The van der Waals surface area contributed by atoms with Crippen molar-refractivity contribution in [1.82, 2.24) is 9.97 Å². The fourth-order valence-electron chi connectivity index (χ4n) is 2.79. The van der Waals surface area contributed by atoms with E-state index in [1.54, 1.807) is 36.7 Å². The zero-order chi connectivity index (χ0) is 16.6. The van der Waals surface area contributed by atoms with Crippen LogP contribution in [0, 0.1) is 5.41 Å². The summed E-state index contributed by atoms with van der Waals surface area (Å²) in [5.74, 6) is -2.16. The van der Waals surface area contributed by atoms with E-state index in [1.165, 1.54) is 13.0 Å². The highest BCUT2D eigenvalue weighted by molar-refractivity contribution is 5.98. The second-order valence-corrected chi connectivity index (χ2v) is 5.65. The lowest BCUT2D eigenvalue weighted by Crippen LogP contribution is -2.32. The van der Waals surface area contributed by atoms with Gasteiger partial charge < -0.3 is 10.2 Å². The average Bonchev–Trinajstić information content (AvgIpc) is 2.54. The summed E-state index contributed by atoms with van der Waals surface area (Å²) in [6.07, 6.45) is 6.12. The van der Waals surface area contributed by atoms with Crippen molar-refractivity contribution in [3.05, 3.63) is 53.9 Å². The van der Waals surface area contributed by atoms with E-state index in [0.29, 0.717) is 22.2 Å². The van der Waals surface area contributed by atoms with Crippen molar-refractivity contribution in [2.24, 2.45) is 5.41 Å². The minimum absolute atomic E-state index is 0.0675. The number of aromatic nitrogens is 2. The van der Waals surface area contributed by atoms with E-state index in [0.717, 1.165) is 0 Å². The van der Waals surface area contributed by atoms with Crippen molar-refractivity contribution in [2.45, 2.75) is 13.3 Å². The van der Waals surface area contributed by atoms with Crippen LogP contribution in [-0.2, 0) is 9.59 Å². The highest BCUT2D eigenvalue weighted by atomic mass is 16.4. The van der Waals surface area contributed by atoms with Crippen molar-refractivity contribution in [1.29, 1.82) is 0 Å². The molecule has 1 unspecified atom stereocenters. The third-order valence-corrected chi connectivity index (χ3v) is 4.12. The lowest BCUT2D eigenvalue weighted by atomic mass is 9.71. The lowest BCUT2D eigenvalue weighted by molar-refractivity contribution is -0.144. The van der Waals surface area contributed by atoms with Crippen molar-refractivity contribution in [2.75, 3.05) is 0 Å². The molecule has 0 saturated heterocycles. The molecule has 1 aromatic heterocycles. The number of carbonyl (C=O) groups is 2. The van der Waals surface area contributed by atoms with Gasteiger partial charge in [-0.1, -0.05) is 18.2 Å². The predicted molar refractivity (Wildman–Crippen MR) is 83.6 cm³/mol. The first-order valence-corrected chi connectivity index (χ1v) is 7.01. The quantitative estimate of drug-likeness (QED) is 0.903. The number of hydrogen-bond acceptors (Lipinski definition) is 4. The molecule has 2 aromatic rings. The van der Waals surface area contributed by atoms with E-state index in [-0.39, 0.29) is 12.0 Å². The Morgan fingerprint density at radius 2 is 1.78 bits per heavy atom. The molecule has 1 heterocycles. The molecule has 1 aromatic carbocycles. The molecule has 0 saturated carbocycles. The summed E-state index contributed by atoms with van der Waals surface area (Å²) in [4.78, 5) is 31.4. The standard InChI is InChI=1S/C17H14N2O4/c1-17(16(22)23)9-11(15(20)21)2-4-12(17)10-3-5-13-14(8-10)19-7-6-18-13/h2-8H,9H2,1H3,(H,20,21)(H,22,23).